The number of rotatable bonds is 8. The number of H-pyrrole nitrogens is 1. The quantitative estimate of drug-likeness (QED) is 0.614. The fourth-order valence-corrected chi connectivity index (χ4v) is 2.65. The van der Waals surface area contributed by atoms with Crippen molar-refractivity contribution in [2.75, 3.05) is 18.4 Å². The maximum atomic E-state index is 12.0. The van der Waals surface area contributed by atoms with E-state index in [-0.39, 0.29) is 4.90 Å². The highest BCUT2D eigenvalue weighted by atomic mass is 32.2. The number of nitrogens with zero attached hydrogens (tertiary/aromatic N) is 3. The number of hydrogen-bond acceptors (Lipinski definition) is 6. The van der Waals surface area contributed by atoms with Gasteiger partial charge in [0.05, 0.1) is 12.4 Å². The Labute approximate surface area is 123 Å². The maximum Gasteiger partial charge on any atom is 0.243 e. The van der Waals surface area contributed by atoms with Crippen molar-refractivity contribution < 1.29 is 8.42 Å². The molecule has 0 amide bonds. The van der Waals surface area contributed by atoms with Crippen LogP contribution in [0.3, 0.4) is 0 Å². The van der Waals surface area contributed by atoms with Crippen molar-refractivity contribution in [2.45, 2.75) is 24.7 Å². The molecule has 0 aliphatic heterocycles. The summed E-state index contributed by atoms with van der Waals surface area (Å²) in [7, 11) is -3.57. The molecule has 114 valence electrons. The van der Waals surface area contributed by atoms with Crippen LogP contribution < -0.4 is 10.0 Å². The number of aromatic amines is 1. The van der Waals surface area contributed by atoms with Gasteiger partial charge < -0.3 is 10.3 Å². The first kappa shape index (κ1) is 15.4. The molecule has 8 nitrogen and oxygen atoms in total. The van der Waals surface area contributed by atoms with Crippen molar-refractivity contribution in [3.05, 3.63) is 30.6 Å². The lowest BCUT2D eigenvalue weighted by Crippen LogP contribution is -2.25. The molecule has 2 heterocycles. The predicted octanol–water partition coefficient (Wildman–Crippen LogP) is 0.543. The highest BCUT2D eigenvalue weighted by Crippen LogP contribution is 2.07. The van der Waals surface area contributed by atoms with E-state index in [1.807, 2.05) is 6.92 Å². The molecule has 21 heavy (non-hydrogen) atoms. The first-order valence-corrected chi connectivity index (χ1v) is 8.14. The third kappa shape index (κ3) is 4.50. The first-order valence-electron chi connectivity index (χ1n) is 6.65. The molecule has 0 aliphatic rings. The van der Waals surface area contributed by atoms with E-state index in [1.54, 1.807) is 12.4 Å². The van der Waals surface area contributed by atoms with Gasteiger partial charge in [-0.1, -0.05) is 0 Å². The molecule has 0 bridgehead atoms. The molecule has 0 atom stereocenters. The van der Waals surface area contributed by atoms with Crippen LogP contribution in [0.25, 0.3) is 0 Å². The lowest BCUT2D eigenvalue weighted by Gasteiger charge is -2.06. The zero-order valence-corrected chi connectivity index (χ0v) is 12.5. The van der Waals surface area contributed by atoms with Crippen LogP contribution in [0.1, 0.15) is 19.2 Å². The van der Waals surface area contributed by atoms with Crippen molar-refractivity contribution in [1.82, 2.24) is 24.7 Å². The maximum absolute atomic E-state index is 12.0. The summed E-state index contributed by atoms with van der Waals surface area (Å²) in [5.41, 5.74) is 0. The third-order valence-electron chi connectivity index (χ3n) is 2.71. The Morgan fingerprint density at radius 2 is 2.00 bits per heavy atom. The van der Waals surface area contributed by atoms with Crippen molar-refractivity contribution in [2.24, 2.45) is 0 Å². The van der Waals surface area contributed by atoms with Gasteiger partial charge in [0.2, 0.25) is 16.0 Å². The summed E-state index contributed by atoms with van der Waals surface area (Å²) in [6.45, 7) is 2.92. The summed E-state index contributed by atoms with van der Waals surface area (Å²) in [5, 5.41) is 2.91. The third-order valence-corrected chi connectivity index (χ3v) is 4.13. The molecule has 0 saturated carbocycles. The van der Waals surface area contributed by atoms with Gasteiger partial charge in [0, 0.05) is 31.9 Å². The minimum absolute atomic E-state index is 0.0575. The van der Waals surface area contributed by atoms with Crippen LogP contribution in [0.4, 0.5) is 5.95 Å². The molecule has 0 saturated heterocycles. The number of anilines is 1. The standard InChI is InChI=1S/C12H18N6O2S/c1-2-13-12-16-8-10(9-17-12)21(19,20)18-5-3-4-11-14-6-7-15-11/h6-9,18H,2-5H2,1H3,(H,14,15)(H,13,16,17). The topological polar surface area (TPSA) is 113 Å². The highest BCUT2D eigenvalue weighted by Gasteiger charge is 2.14. The number of aryl methyl sites for hydroxylation is 1. The molecule has 2 rings (SSSR count). The lowest BCUT2D eigenvalue weighted by molar-refractivity contribution is 0.577. The zero-order chi connectivity index (χ0) is 15.1. The number of hydrogen-bond donors (Lipinski definition) is 3. The van der Waals surface area contributed by atoms with E-state index < -0.39 is 10.0 Å². The van der Waals surface area contributed by atoms with Crippen molar-refractivity contribution >= 4 is 16.0 Å². The minimum atomic E-state index is -3.57. The molecule has 0 unspecified atom stereocenters. The van der Waals surface area contributed by atoms with E-state index in [9.17, 15) is 8.42 Å². The van der Waals surface area contributed by atoms with Crippen LogP contribution in [0.15, 0.2) is 29.7 Å². The van der Waals surface area contributed by atoms with Gasteiger partial charge in [0.25, 0.3) is 0 Å². The monoisotopic (exact) mass is 310 g/mol. The molecular formula is C12H18N6O2S. The number of nitrogens with one attached hydrogen (secondary N) is 3. The van der Waals surface area contributed by atoms with Crippen LogP contribution in [0, 0.1) is 0 Å². The molecule has 9 heteroatoms. The predicted molar refractivity (Wildman–Crippen MR) is 78.3 cm³/mol. The molecule has 2 aromatic heterocycles. The summed E-state index contributed by atoms with van der Waals surface area (Å²) in [6.07, 6.45) is 7.33. The Hall–Kier alpha value is -2.00. The molecule has 0 spiro atoms. The van der Waals surface area contributed by atoms with E-state index >= 15 is 0 Å². The Kier molecular flexibility index (Phi) is 5.23. The van der Waals surface area contributed by atoms with Gasteiger partial charge in [-0.05, 0) is 13.3 Å². The van der Waals surface area contributed by atoms with E-state index in [0.717, 1.165) is 5.82 Å². The van der Waals surface area contributed by atoms with Gasteiger partial charge >= 0.3 is 0 Å². The average Bonchev–Trinajstić information content (AvgIpc) is 2.98. The molecule has 0 fully saturated rings. The fraction of sp³-hybridized carbons (Fsp3) is 0.417. The van der Waals surface area contributed by atoms with Crippen molar-refractivity contribution in [1.29, 1.82) is 0 Å². The Balaban J connectivity index is 1.85. The molecule has 2 aromatic rings. The molecule has 0 aromatic carbocycles. The van der Waals surface area contributed by atoms with Crippen molar-refractivity contribution in [3.8, 4) is 0 Å². The Bertz CT molecular complexity index is 639. The van der Waals surface area contributed by atoms with E-state index in [4.69, 9.17) is 0 Å². The number of aromatic nitrogens is 4. The fourth-order valence-electron chi connectivity index (χ4n) is 1.68. The van der Waals surface area contributed by atoms with Crippen LogP contribution >= 0.6 is 0 Å². The van der Waals surface area contributed by atoms with Crippen LogP contribution in [0.5, 0.6) is 0 Å². The van der Waals surface area contributed by atoms with Gasteiger partial charge in [-0.15, -0.1) is 0 Å². The Morgan fingerprint density at radius 1 is 1.24 bits per heavy atom. The number of sulfonamides is 1. The molecular weight excluding hydrogens is 292 g/mol. The zero-order valence-electron chi connectivity index (χ0n) is 11.7. The SMILES string of the molecule is CCNc1ncc(S(=O)(=O)NCCCc2ncc[nH]2)cn1. The van der Waals surface area contributed by atoms with Gasteiger partial charge in [0.1, 0.15) is 10.7 Å². The summed E-state index contributed by atoms with van der Waals surface area (Å²) in [4.78, 5) is 15.0. The molecule has 0 radical (unpaired) electrons. The summed E-state index contributed by atoms with van der Waals surface area (Å²) >= 11 is 0. The molecule has 0 aliphatic carbocycles. The van der Waals surface area contributed by atoms with Gasteiger partial charge in [-0.25, -0.2) is 28.1 Å². The van der Waals surface area contributed by atoms with Crippen LogP contribution in [-0.2, 0) is 16.4 Å². The second kappa shape index (κ2) is 7.14. The Morgan fingerprint density at radius 3 is 2.62 bits per heavy atom. The molecule has 3 N–H and O–H groups in total. The van der Waals surface area contributed by atoms with E-state index in [0.29, 0.717) is 31.9 Å². The summed E-state index contributed by atoms with van der Waals surface area (Å²) < 4.78 is 26.6. The second-order valence-electron chi connectivity index (χ2n) is 4.31. The first-order chi connectivity index (χ1) is 10.1. The lowest BCUT2D eigenvalue weighted by atomic mass is 10.3. The summed E-state index contributed by atoms with van der Waals surface area (Å²) in [6, 6.07) is 0. The van der Waals surface area contributed by atoms with E-state index in [2.05, 4.69) is 30.0 Å². The van der Waals surface area contributed by atoms with Crippen molar-refractivity contribution in [3.63, 3.8) is 0 Å². The van der Waals surface area contributed by atoms with Gasteiger partial charge in [-0.2, -0.15) is 0 Å². The second-order valence-corrected chi connectivity index (χ2v) is 6.08. The largest absolute Gasteiger partial charge is 0.355 e. The average molecular weight is 310 g/mol. The smallest absolute Gasteiger partial charge is 0.243 e. The van der Waals surface area contributed by atoms with Crippen LogP contribution in [0.2, 0.25) is 0 Å². The number of imidazole rings is 1. The van der Waals surface area contributed by atoms with Crippen LogP contribution in [-0.4, -0.2) is 41.4 Å². The van der Waals surface area contributed by atoms with E-state index in [1.165, 1.54) is 12.4 Å². The van der Waals surface area contributed by atoms with Gasteiger partial charge in [-0.3, -0.25) is 0 Å². The summed E-state index contributed by atoms with van der Waals surface area (Å²) in [5.74, 6) is 1.25. The van der Waals surface area contributed by atoms with Gasteiger partial charge in [0.15, 0.2) is 0 Å². The normalized spacial score (nSPS) is 11.5. The minimum Gasteiger partial charge on any atom is -0.355 e. The highest BCUT2D eigenvalue weighted by molar-refractivity contribution is 7.89.